The first-order valence-electron chi connectivity index (χ1n) is 6.24. The van der Waals surface area contributed by atoms with Crippen molar-refractivity contribution in [2.24, 2.45) is 0 Å². The number of hydrogen-bond acceptors (Lipinski definition) is 5. The Hall–Kier alpha value is -1.35. The summed E-state index contributed by atoms with van der Waals surface area (Å²) in [4.78, 5) is 11.8. The van der Waals surface area contributed by atoms with Crippen LogP contribution in [-0.4, -0.2) is 51.5 Å². The highest BCUT2D eigenvalue weighted by Gasteiger charge is 2.38. The summed E-state index contributed by atoms with van der Waals surface area (Å²) in [5.41, 5.74) is 5.82. The molecule has 0 saturated carbocycles. The highest BCUT2D eigenvalue weighted by Crippen LogP contribution is 2.26. The number of nitrogens with two attached hydrogens (primary N) is 1. The molecule has 9 heteroatoms. The molecule has 1 saturated heterocycles. The van der Waals surface area contributed by atoms with E-state index in [-0.39, 0.29) is 35.4 Å². The Morgan fingerprint density at radius 2 is 2.24 bits per heavy atom. The van der Waals surface area contributed by atoms with E-state index in [2.05, 4.69) is 5.32 Å². The van der Waals surface area contributed by atoms with Crippen LogP contribution in [0, 0.1) is 0 Å². The molecule has 1 aliphatic rings. The minimum Gasteiger partial charge on any atom is -0.397 e. The molecule has 1 aliphatic heterocycles. The Morgan fingerprint density at radius 3 is 2.86 bits per heavy atom. The Labute approximate surface area is 128 Å². The summed E-state index contributed by atoms with van der Waals surface area (Å²) in [6, 6.07) is 3.17. The number of nitrogens with zero attached hydrogens (tertiary/aromatic N) is 1. The van der Waals surface area contributed by atoms with E-state index in [0.29, 0.717) is 0 Å². The van der Waals surface area contributed by atoms with Gasteiger partial charge in [0.05, 0.1) is 28.8 Å². The molecule has 0 aromatic heterocycles. The zero-order valence-electron chi connectivity index (χ0n) is 11.4. The van der Waals surface area contributed by atoms with Crippen molar-refractivity contribution in [3.63, 3.8) is 0 Å². The summed E-state index contributed by atoms with van der Waals surface area (Å²) < 4.78 is 31.7. The van der Waals surface area contributed by atoms with Gasteiger partial charge in [-0.25, -0.2) is 8.42 Å². The third kappa shape index (κ3) is 3.13. The predicted molar refractivity (Wildman–Crippen MR) is 78.4 cm³/mol. The van der Waals surface area contributed by atoms with E-state index in [0.717, 1.165) is 4.31 Å². The second-order valence-corrected chi connectivity index (χ2v) is 6.80. The minimum absolute atomic E-state index is 0.000188. The summed E-state index contributed by atoms with van der Waals surface area (Å²) in [6.07, 6.45) is 0. The second-order valence-electron chi connectivity index (χ2n) is 4.50. The van der Waals surface area contributed by atoms with E-state index < -0.39 is 22.0 Å². The summed E-state index contributed by atoms with van der Waals surface area (Å²) >= 11 is 5.80. The predicted octanol–water partition coefficient (Wildman–Crippen LogP) is 0.0577. The van der Waals surface area contributed by atoms with Crippen LogP contribution in [0.1, 0.15) is 0 Å². The molecule has 2 rings (SSSR count). The summed E-state index contributed by atoms with van der Waals surface area (Å²) in [5, 5.41) is 2.71. The van der Waals surface area contributed by atoms with Gasteiger partial charge < -0.3 is 15.8 Å². The number of nitrogens with one attached hydrogen (secondary N) is 1. The van der Waals surface area contributed by atoms with Gasteiger partial charge in [-0.1, -0.05) is 11.6 Å². The fourth-order valence-corrected chi connectivity index (χ4v) is 3.78. The lowest BCUT2D eigenvalue weighted by Gasteiger charge is -2.33. The van der Waals surface area contributed by atoms with Crippen LogP contribution in [0.4, 0.5) is 5.69 Å². The molecule has 0 bridgehead atoms. The fraction of sp³-hybridized carbons (Fsp3) is 0.417. The summed E-state index contributed by atoms with van der Waals surface area (Å²) in [7, 11) is -2.41. The number of sulfonamides is 1. The molecule has 1 fully saturated rings. The van der Waals surface area contributed by atoms with Crippen LogP contribution in [0.5, 0.6) is 0 Å². The molecule has 116 valence electrons. The van der Waals surface area contributed by atoms with Gasteiger partial charge >= 0.3 is 0 Å². The van der Waals surface area contributed by atoms with E-state index in [4.69, 9.17) is 22.1 Å². The summed E-state index contributed by atoms with van der Waals surface area (Å²) in [6.45, 7) is 0.348. The zero-order chi connectivity index (χ0) is 15.6. The van der Waals surface area contributed by atoms with Crippen molar-refractivity contribution in [1.82, 2.24) is 9.62 Å². The molecule has 1 aromatic carbocycles. The first-order valence-corrected chi connectivity index (χ1v) is 8.06. The number of halogens is 1. The van der Waals surface area contributed by atoms with Crippen LogP contribution in [0.25, 0.3) is 0 Å². The molecule has 1 heterocycles. The first-order chi connectivity index (χ1) is 9.87. The minimum atomic E-state index is -3.85. The van der Waals surface area contributed by atoms with Crippen molar-refractivity contribution in [3.05, 3.63) is 23.2 Å². The summed E-state index contributed by atoms with van der Waals surface area (Å²) in [5.74, 6) is -0.416. The van der Waals surface area contributed by atoms with E-state index >= 15 is 0 Å². The maximum absolute atomic E-state index is 12.7. The number of benzene rings is 1. The maximum atomic E-state index is 12.7. The molecule has 0 spiro atoms. The van der Waals surface area contributed by atoms with Crippen molar-refractivity contribution >= 4 is 33.2 Å². The van der Waals surface area contributed by atoms with Gasteiger partial charge in [-0.15, -0.1) is 0 Å². The van der Waals surface area contributed by atoms with Gasteiger partial charge in [0.25, 0.3) is 0 Å². The van der Waals surface area contributed by atoms with Gasteiger partial charge in [-0.3, -0.25) is 4.79 Å². The standard InChI is InChI=1S/C12H16ClN3O4S/c1-15-12(17)11-7-20-5-4-16(11)21(18,19)8-2-3-9(13)10(14)6-8/h2-3,6,11H,4-5,7,14H2,1H3,(H,15,17). The van der Waals surface area contributed by atoms with Crippen LogP contribution in [0.15, 0.2) is 23.1 Å². The Kier molecular flexibility index (Phi) is 4.72. The lowest BCUT2D eigenvalue weighted by Crippen LogP contribution is -2.55. The number of likely N-dealkylation sites (N-methyl/N-ethyl adjacent to an activating group) is 1. The molecular formula is C12H16ClN3O4S. The topological polar surface area (TPSA) is 102 Å². The SMILES string of the molecule is CNC(=O)C1COCCN1S(=O)(=O)c1ccc(Cl)c(N)c1. The van der Waals surface area contributed by atoms with Gasteiger partial charge in [0.2, 0.25) is 15.9 Å². The van der Waals surface area contributed by atoms with Crippen LogP contribution in [-0.2, 0) is 19.6 Å². The van der Waals surface area contributed by atoms with Gasteiger partial charge in [-0.05, 0) is 18.2 Å². The molecule has 21 heavy (non-hydrogen) atoms. The van der Waals surface area contributed by atoms with E-state index in [1.54, 1.807) is 0 Å². The Bertz CT molecular complexity index is 650. The number of hydrogen-bond donors (Lipinski definition) is 2. The molecule has 0 aliphatic carbocycles. The molecule has 0 radical (unpaired) electrons. The van der Waals surface area contributed by atoms with Crippen molar-refractivity contribution in [2.45, 2.75) is 10.9 Å². The maximum Gasteiger partial charge on any atom is 0.244 e. The van der Waals surface area contributed by atoms with E-state index in [1.807, 2.05) is 0 Å². The molecule has 1 amide bonds. The number of carbonyl (C=O) groups excluding carboxylic acids is 1. The third-order valence-electron chi connectivity index (χ3n) is 3.20. The van der Waals surface area contributed by atoms with Gasteiger partial charge in [0.15, 0.2) is 0 Å². The fourth-order valence-electron chi connectivity index (χ4n) is 2.07. The average molecular weight is 334 g/mol. The van der Waals surface area contributed by atoms with Crippen molar-refractivity contribution < 1.29 is 17.9 Å². The van der Waals surface area contributed by atoms with E-state index in [1.165, 1.54) is 25.2 Å². The number of nitrogen functional groups attached to an aromatic ring is 1. The normalized spacial score (nSPS) is 20.2. The molecule has 1 aromatic rings. The number of amides is 1. The number of ether oxygens (including phenoxy) is 1. The molecular weight excluding hydrogens is 318 g/mol. The zero-order valence-corrected chi connectivity index (χ0v) is 12.9. The Balaban J connectivity index is 2.40. The first kappa shape index (κ1) is 16.0. The van der Waals surface area contributed by atoms with Crippen molar-refractivity contribution in [2.75, 3.05) is 32.5 Å². The highest BCUT2D eigenvalue weighted by molar-refractivity contribution is 7.89. The lowest BCUT2D eigenvalue weighted by atomic mass is 10.2. The molecule has 1 unspecified atom stereocenters. The molecule has 3 N–H and O–H groups in total. The highest BCUT2D eigenvalue weighted by atomic mass is 35.5. The largest absolute Gasteiger partial charge is 0.397 e. The van der Waals surface area contributed by atoms with Crippen LogP contribution in [0.3, 0.4) is 0 Å². The average Bonchev–Trinajstić information content (AvgIpc) is 2.49. The van der Waals surface area contributed by atoms with Crippen molar-refractivity contribution in [3.8, 4) is 0 Å². The number of rotatable bonds is 3. The third-order valence-corrected chi connectivity index (χ3v) is 5.45. The van der Waals surface area contributed by atoms with Gasteiger partial charge in [0.1, 0.15) is 6.04 Å². The van der Waals surface area contributed by atoms with Crippen molar-refractivity contribution in [1.29, 1.82) is 0 Å². The van der Waals surface area contributed by atoms with E-state index in [9.17, 15) is 13.2 Å². The van der Waals surface area contributed by atoms with Crippen LogP contribution in [0.2, 0.25) is 5.02 Å². The number of carbonyl (C=O) groups is 1. The quantitative estimate of drug-likeness (QED) is 0.761. The number of morpholine rings is 1. The van der Waals surface area contributed by atoms with Crippen LogP contribution < -0.4 is 11.1 Å². The molecule has 1 atom stereocenters. The van der Waals surface area contributed by atoms with Gasteiger partial charge in [-0.2, -0.15) is 4.31 Å². The smallest absolute Gasteiger partial charge is 0.244 e. The lowest BCUT2D eigenvalue weighted by molar-refractivity contribution is -0.128. The second kappa shape index (κ2) is 6.18. The van der Waals surface area contributed by atoms with Gasteiger partial charge in [0, 0.05) is 13.6 Å². The van der Waals surface area contributed by atoms with Crippen LogP contribution >= 0.6 is 11.6 Å². The molecule has 7 nitrogen and oxygen atoms in total. The Morgan fingerprint density at radius 1 is 1.52 bits per heavy atom. The number of anilines is 1. The monoisotopic (exact) mass is 333 g/mol.